The van der Waals surface area contributed by atoms with Crippen LogP contribution in [-0.2, 0) is 0 Å². The van der Waals surface area contributed by atoms with E-state index < -0.39 is 0 Å². The monoisotopic (exact) mass is 320 g/mol. The Labute approximate surface area is 138 Å². The van der Waals surface area contributed by atoms with E-state index in [4.69, 9.17) is 4.74 Å². The van der Waals surface area contributed by atoms with E-state index in [9.17, 15) is 9.90 Å². The van der Waals surface area contributed by atoms with Gasteiger partial charge in [-0.3, -0.25) is 9.69 Å². The minimum atomic E-state index is -0.0858. The van der Waals surface area contributed by atoms with Crippen LogP contribution in [-0.4, -0.2) is 55.3 Å². The molecule has 0 unspecified atom stereocenters. The molecule has 128 valence electrons. The lowest BCUT2D eigenvalue weighted by Crippen LogP contribution is -2.43. The fourth-order valence-corrected chi connectivity index (χ4v) is 3.24. The molecule has 1 aliphatic heterocycles. The first-order valence-electron chi connectivity index (χ1n) is 8.44. The molecule has 2 rings (SSSR count). The molecule has 0 spiro atoms. The molecular formula is C18H28N2O3. The van der Waals surface area contributed by atoms with Crippen LogP contribution in [0.15, 0.2) is 18.2 Å². The molecule has 1 aromatic carbocycles. The van der Waals surface area contributed by atoms with Crippen molar-refractivity contribution in [2.75, 3.05) is 33.4 Å². The molecule has 0 aliphatic carbocycles. The number of aliphatic hydroxyl groups is 1. The second-order valence-electron chi connectivity index (χ2n) is 6.13. The molecular weight excluding hydrogens is 292 g/mol. The molecule has 1 fully saturated rings. The predicted molar refractivity (Wildman–Crippen MR) is 91.0 cm³/mol. The number of carbonyl (C=O) groups is 1. The van der Waals surface area contributed by atoms with Crippen LogP contribution in [0.2, 0.25) is 0 Å². The van der Waals surface area contributed by atoms with Gasteiger partial charge in [-0.1, -0.05) is 18.6 Å². The first-order valence-corrected chi connectivity index (χ1v) is 8.44. The van der Waals surface area contributed by atoms with Crippen LogP contribution in [0.5, 0.6) is 5.75 Å². The highest BCUT2D eigenvalue weighted by Crippen LogP contribution is 2.21. The zero-order valence-corrected chi connectivity index (χ0v) is 14.2. The van der Waals surface area contributed by atoms with Crippen molar-refractivity contribution in [2.24, 2.45) is 0 Å². The van der Waals surface area contributed by atoms with Crippen molar-refractivity contribution in [3.8, 4) is 5.75 Å². The third-order valence-electron chi connectivity index (χ3n) is 4.55. The standard InChI is InChI=1S/C18H28N2O3/c1-14-7-5-9-16(23-2)17(14)18(22)19-10-6-12-20-11-4-3-8-15(20)13-21/h5,7,9,15,21H,3-4,6,8,10-13H2,1-2H3,(H,19,22)/t15-/m0/s1. The quantitative estimate of drug-likeness (QED) is 0.754. The molecule has 0 radical (unpaired) electrons. The van der Waals surface area contributed by atoms with E-state index in [2.05, 4.69) is 10.2 Å². The Hall–Kier alpha value is -1.59. The van der Waals surface area contributed by atoms with E-state index in [-0.39, 0.29) is 18.6 Å². The van der Waals surface area contributed by atoms with Crippen LogP contribution < -0.4 is 10.1 Å². The maximum atomic E-state index is 12.4. The number of rotatable bonds is 7. The van der Waals surface area contributed by atoms with Crippen molar-refractivity contribution < 1.29 is 14.6 Å². The third-order valence-corrected chi connectivity index (χ3v) is 4.55. The number of carbonyl (C=O) groups excluding carboxylic acids is 1. The number of likely N-dealkylation sites (tertiary alicyclic amines) is 1. The summed E-state index contributed by atoms with van der Waals surface area (Å²) in [5, 5.41) is 12.4. The van der Waals surface area contributed by atoms with E-state index in [1.807, 2.05) is 25.1 Å². The van der Waals surface area contributed by atoms with Crippen molar-refractivity contribution in [3.05, 3.63) is 29.3 Å². The second kappa shape index (κ2) is 8.89. The van der Waals surface area contributed by atoms with Gasteiger partial charge in [-0.2, -0.15) is 0 Å². The molecule has 1 aromatic rings. The summed E-state index contributed by atoms with van der Waals surface area (Å²) in [6.45, 7) is 4.73. The summed E-state index contributed by atoms with van der Waals surface area (Å²) in [6.07, 6.45) is 4.36. The zero-order chi connectivity index (χ0) is 16.7. The van der Waals surface area contributed by atoms with Gasteiger partial charge in [0.1, 0.15) is 5.75 Å². The number of aliphatic hydroxyl groups excluding tert-OH is 1. The van der Waals surface area contributed by atoms with Gasteiger partial charge < -0.3 is 15.2 Å². The van der Waals surface area contributed by atoms with Crippen molar-refractivity contribution in [3.63, 3.8) is 0 Å². The molecule has 0 aromatic heterocycles. The summed E-state index contributed by atoms with van der Waals surface area (Å²) < 4.78 is 5.28. The average Bonchev–Trinajstić information content (AvgIpc) is 2.58. The van der Waals surface area contributed by atoms with E-state index in [0.717, 1.165) is 31.5 Å². The van der Waals surface area contributed by atoms with Gasteiger partial charge in [-0.25, -0.2) is 0 Å². The minimum Gasteiger partial charge on any atom is -0.496 e. The number of nitrogens with one attached hydrogen (secondary N) is 1. The van der Waals surface area contributed by atoms with E-state index in [0.29, 0.717) is 17.9 Å². The van der Waals surface area contributed by atoms with E-state index >= 15 is 0 Å². The fourth-order valence-electron chi connectivity index (χ4n) is 3.24. The van der Waals surface area contributed by atoms with Gasteiger partial charge in [0.15, 0.2) is 0 Å². The maximum Gasteiger partial charge on any atom is 0.255 e. The lowest BCUT2D eigenvalue weighted by atomic mass is 10.0. The van der Waals surface area contributed by atoms with Gasteiger partial charge in [0, 0.05) is 19.1 Å². The van der Waals surface area contributed by atoms with Crippen LogP contribution >= 0.6 is 0 Å². The molecule has 1 amide bonds. The molecule has 1 atom stereocenters. The largest absolute Gasteiger partial charge is 0.496 e. The Bertz CT molecular complexity index is 519. The molecule has 2 N–H and O–H groups in total. The van der Waals surface area contributed by atoms with Gasteiger partial charge in [0.2, 0.25) is 0 Å². The van der Waals surface area contributed by atoms with Gasteiger partial charge >= 0.3 is 0 Å². The highest BCUT2D eigenvalue weighted by Gasteiger charge is 2.21. The number of piperidine rings is 1. The SMILES string of the molecule is COc1cccc(C)c1C(=O)NCCCN1CCCC[C@H]1CO. The van der Waals surface area contributed by atoms with Crippen LogP contribution in [0.3, 0.4) is 0 Å². The summed E-state index contributed by atoms with van der Waals surface area (Å²) in [6, 6.07) is 5.89. The summed E-state index contributed by atoms with van der Waals surface area (Å²) in [4.78, 5) is 14.7. The number of methoxy groups -OCH3 is 1. The Morgan fingerprint density at radius 1 is 1.43 bits per heavy atom. The predicted octanol–water partition coefficient (Wildman–Crippen LogP) is 1.97. The molecule has 23 heavy (non-hydrogen) atoms. The zero-order valence-electron chi connectivity index (χ0n) is 14.2. The van der Waals surface area contributed by atoms with E-state index in [1.165, 1.54) is 12.8 Å². The van der Waals surface area contributed by atoms with Gasteiger partial charge in [-0.15, -0.1) is 0 Å². The number of benzene rings is 1. The summed E-state index contributed by atoms with van der Waals surface area (Å²) in [7, 11) is 1.58. The van der Waals surface area contributed by atoms with Gasteiger partial charge in [0.25, 0.3) is 5.91 Å². The smallest absolute Gasteiger partial charge is 0.255 e. The molecule has 1 heterocycles. The number of ether oxygens (including phenoxy) is 1. The molecule has 1 saturated heterocycles. The average molecular weight is 320 g/mol. The topological polar surface area (TPSA) is 61.8 Å². The van der Waals surface area contributed by atoms with Crippen molar-refractivity contribution >= 4 is 5.91 Å². The number of nitrogens with zero attached hydrogens (tertiary/aromatic N) is 1. The third kappa shape index (κ3) is 4.69. The number of aryl methyl sites for hydroxylation is 1. The van der Waals surface area contributed by atoms with E-state index in [1.54, 1.807) is 7.11 Å². The first-order chi connectivity index (χ1) is 11.2. The molecule has 0 saturated carbocycles. The fraction of sp³-hybridized carbons (Fsp3) is 0.611. The Kier molecular flexibility index (Phi) is 6.86. The summed E-state index contributed by atoms with van der Waals surface area (Å²) >= 11 is 0. The lowest BCUT2D eigenvalue weighted by molar-refractivity contribution is 0.0867. The molecule has 0 bridgehead atoms. The van der Waals surface area contributed by atoms with Gasteiger partial charge in [-0.05, 0) is 44.4 Å². The van der Waals surface area contributed by atoms with Crippen LogP contribution in [0.25, 0.3) is 0 Å². The van der Waals surface area contributed by atoms with Crippen LogP contribution in [0, 0.1) is 6.92 Å². The number of hydrogen-bond acceptors (Lipinski definition) is 4. The Morgan fingerprint density at radius 3 is 3.00 bits per heavy atom. The Morgan fingerprint density at radius 2 is 2.26 bits per heavy atom. The van der Waals surface area contributed by atoms with Crippen LogP contribution in [0.4, 0.5) is 0 Å². The normalized spacial score (nSPS) is 18.7. The highest BCUT2D eigenvalue weighted by atomic mass is 16.5. The molecule has 5 heteroatoms. The van der Waals surface area contributed by atoms with Gasteiger partial charge in [0.05, 0.1) is 19.3 Å². The Balaban J connectivity index is 1.81. The number of hydrogen-bond donors (Lipinski definition) is 2. The molecule has 1 aliphatic rings. The van der Waals surface area contributed by atoms with Crippen molar-refractivity contribution in [2.45, 2.75) is 38.6 Å². The minimum absolute atomic E-state index is 0.0858. The number of amides is 1. The highest BCUT2D eigenvalue weighted by molar-refractivity contribution is 5.98. The molecule has 5 nitrogen and oxygen atoms in total. The van der Waals surface area contributed by atoms with Crippen molar-refractivity contribution in [1.82, 2.24) is 10.2 Å². The maximum absolute atomic E-state index is 12.4. The van der Waals surface area contributed by atoms with Crippen LogP contribution in [0.1, 0.15) is 41.6 Å². The lowest BCUT2D eigenvalue weighted by Gasteiger charge is -2.34. The van der Waals surface area contributed by atoms with Crippen molar-refractivity contribution in [1.29, 1.82) is 0 Å². The first kappa shape index (κ1) is 17.8. The second-order valence-corrected chi connectivity index (χ2v) is 6.13. The summed E-state index contributed by atoms with van der Waals surface area (Å²) in [5.41, 5.74) is 1.53. The summed E-state index contributed by atoms with van der Waals surface area (Å²) in [5.74, 6) is 0.524.